The maximum Gasteiger partial charge on any atom is 0.221 e. The Bertz CT molecular complexity index is 2400. The Kier molecular flexibility index (Phi) is 5.32. The van der Waals surface area contributed by atoms with Gasteiger partial charge in [0.25, 0.3) is 0 Å². The molecule has 7 aromatic rings. The Morgan fingerprint density at radius 3 is 2.20 bits per heavy atom. The number of fused-ring (bicyclic) bond motifs is 10. The number of allylic oxidation sites excluding steroid dienone is 1. The molecule has 4 heterocycles. The van der Waals surface area contributed by atoms with Crippen LogP contribution in [0.15, 0.2) is 122 Å². The first kappa shape index (κ1) is 26.5. The summed E-state index contributed by atoms with van der Waals surface area (Å²) in [4.78, 5) is 0. The summed E-state index contributed by atoms with van der Waals surface area (Å²) in [6.07, 6.45) is 4.30. The third-order valence-electron chi connectivity index (χ3n) is 11.3. The third kappa shape index (κ3) is 3.27. The van der Waals surface area contributed by atoms with Gasteiger partial charge in [-0.1, -0.05) is 107 Å². The number of nitrogens with zero attached hydrogens (tertiary/aromatic N) is 2. The Hall–Kier alpha value is -4.95. The zero-order chi connectivity index (χ0) is 30.7. The fraction of sp³-hybridized carbons (Fsp3) is 0.186. The molecule has 0 bridgehead atoms. The van der Waals surface area contributed by atoms with Gasteiger partial charge in [-0.2, -0.15) is 4.57 Å². The molecule has 0 radical (unpaired) electrons. The van der Waals surface area contributed by atoms with Gasteiger partial charge in [-0.3, -0.25) is 0 Å². The molecule has 0 aliphatic carbocycles. The van der Waals surface area contributed by atoms with Crippen LogP contribution in [0.2, 0.25) is 0 Å². The number of aromatic nitrogens is 2. The Morgan fingerprint density at radius 1 is 0.667 bits per heavy atom. The Balaban J connectivity index is 1.29. The van der Waals surface area contributed by atoms with E-state index in [2.05, 4.69) is 152 Å². The molecule has 0 atom stereocenters. The molecule has 0 fully saturated rings. The van der Waals surface area contributed by atoms with Gasteiger partial charge in [0.15, 0.2) is 11.7 Å². The molecule has 5 aromatic carbocycles. The summed E-state index contributed by atoms with van der Waals surface area (Å²) in [6.45, 7) is 14.1. The van der Waals surface area contributed by atoms with Crippen molar-refractivity contribution in [3.63, 3.8) is 0 Å². The molecule has 0 saturated carbocycles. The topological polar surface area (TPSA) is 8.81 Å². The minimum absolute atomic E-state index is 0.137. The largest absolute Gasteiger partial charge is 0.309 e. The van der Waals surface area contributed by atoms with Crippen LogP contribution in [0.5, 0.6) is 0 Å². The highest BCUT2D eigenvalue weighted by Gasteiger charge is 2.47. The molecule has 45 heavy (non-hydrogen) atoms. The zero-order valence-electron chi connectivity index (χ0n) is 26.5. The van der Waals surface area contributed by atoms with Gasteiger partial charge in [0, 0.05) is 40.7 Å². The van der Waals surface area contributed by atoms with Crippen molar-refractivity contribution in [2.45, 2.75) is 51.5 Å². The normalized spacial score (nSPS) is 15.7. The number of hydrogen-bond acceptors (Lipinski definition) is 0. The highest BCUT2D eigenvalue weighted by molar-refractivity contribution is 6.11. The second kappa shape index (κ2) is 9.05. The maximum absolute atomic E-state index is 4.74. The van der Waals surface area contributed by atoms with Gasteiger partial charge in [-0.15, -0.1) is 0 Å². The lowest BCUT2D eigenvalue weighted by Gasteiger charge is -2.36. The van der Waals surface area contributed by atoms with Gasteiger partial charge in [0.2, 0.25) is 5.69 Å². The van der Waals surface area contributed by atoms with E-state index in [1.165, 1.54) is 82.9 Å². The van der Waals surface area contributed by atoms with Gasteiger partial charge in [-0.25, -0.2) is 0 Å². The molecule has 2 heteroatoms. The van der Waals surface area contributed by atoms with Crippen LogP contribution in [0.4, 0.5) is 0 Å². The SMILES string of the molecule is C=C1c2ccc(-c3ccc4c(c3)C(C)(C)c3cccc5c6ccccc6n-4c35)cc2-c2c3ccccc3cc[n+]2C1(CC)CC. The van der Waals surface area contributed by atoms with E-state index in [1.54, 1.807) is 0 Å². The average molecular weight is 582 g/mol. The van der Waals surface area contributed by atoms with Crippen LogP contribution >= 0.6 is 0 Å². The van der Waals surface area contributed by atoms with Gasteiger partial charge in [0.1, 0.15) is 0 Å². The molecule has 0 unspecified atom stereocenters. The van der Waals surface area contributed by atoms with E-state index < -0.39 is 0 Å². The monoisotopic (exact) mass is 581 g/mol. The molecule has 218 valence electrons. The molecule has 0 amide bonds. The van der Waals surface area contributed by atoms with E-state index in [9.17, 15) is 0 Å². The second-order valence-electron chi connectivity index (χ2n) is 13.5. The van der Waals surface area contributed by atoms with E-state index in [4.69, 9.17) is 6.58 Å². The number of pyridine rings is 1. The quantitative estimate of drug-likeness (QED) is 0.184. The van der Waals surface area contributed by atoms with Crippen molar-refractivity contribution in [2.75, 3.05) is 0 Å². The van der Waals surface area contributed by atoms with E-state index >= 15 is 0 Å². The van der Waals surface area contributed by atoms with E-state index in [0.29, 0.717) is 0 Å². The van der Waals surface area contributed by atoms with Crippen molar-refractivity contribution in [2.24, 2.45) is 0 Å². The van der Waals surface area contributed by atoms with E-state index in [1.807, 2.05) is 0 Å². The van der Waals surface area contributed by atoms with E-state index in [0.717, 1.165) is 12.8 Å². The first-order valence-electron chi connectivity index (χ1n) is 16.3. The van der Waals surface area contributed by atoms with Gasteiger partial charge >= 0.3 is 0 Å². The standard InChI is InChI=1S/C43H37N2/c1-6-43(7-2)27(3)31-21-19-29(25-35(31)40-32-14-9-8-13-28(32)23-24-44(40)43)30-20-22-39-37(26-30)42(4,5)36-17-12-16-34-33-15-10-11-18-38(33)45(39)41(34)36/h8-26H,3,6-7H2,1-2,4-5H3/q+1. The average Bonchev–Trinajstić information content (AvgIpc) is 3.42. The van der Waals surface area contributed by atoms with Crippen molar-refractivity contribution in [1.82, 2.24) is 4.57 Å². The minimum Gasteiger partial charge on any atom is -0.309 e. The molecule has 2 aliphatic rings. The fourth-order valence-corrected chi connectivity index (χ4v) is 8.77. The molecule has 0 N–H and O–H groups in total. The Morgan fingerprint density at radius 2 is 1.38 bits per heavy atom. The van der Waals surface area contributed by atoms with Gasteiger partial charge in [0.05, 0.1) is 27.7 Å². The summed E-state index contributed by atoms with van der Waals surface area (Å²) in [6, 6.07) is 40.9. The highest BCUT2D eigenvalue weighted by atomic mass is 15.1. The Labute approximate surface area is 264 Å². The first-order chi connectivity index (χ1) is 21.9. The van der Waals surface area contributed by atoms with Crippen molar-refractivity contribution >= 4 is 38.2 Å². The summed E-state index contributed by atoms with van der Waals surface area (Å²) in [7, 11) is 0. The lowest BCUT2D eigenvalue weighted by molar-refractivity contribution is -0.740. The smallest absolute Gasteiger partial charge is 0.221 e. The third-order valence-corrected chi connectivity index (χ3v) is 11.3. The zero-order valence-corrected chi connectivity index (χ0v) is 26.5. The van der Waals surface area contributed by atoms with Crippen LogP contribution in [0.1, 0.15) is 57.2 Å². The van der Waals surface area contributed by atoms with Gasteiger partial charge in [-0.05, 0) is 63.5 Å². The summed E-state index contributed by atoms with van der Waals surface area (Å²) in [5.74, 6) is 0. The summed E-state index contributed by atoms with van der Waals surface area (Å²) >= 11 is 0. The van der Waals surface area contributed by atoms with Crippen molar-refractivity contribution in [3.8, 4) is 28.1 Å². The van der Waals surface area contributed by atoms with Crippen LogP contribution in [-0.4, -0.2) is 4.57 Å². The summed E-state index contributed by atoms with van der Waals surface area (Å²) in [5.41, 5.74) is 13.9. The molecule has 2 aromatic heterocycles. The predicted molar refractivity (Wildman–Crippen MR) is 189 cm³/mol. The number of benzene rings is 5. The molecule has 2 nitrogen and oxygen atoms in total. The minimum atomic E-state index is -0.141. The molecule has 2 aliphatic heterocycles. The first-order valence-corrected chi connectivity index (χ1v) is 16.3. The highest BCUT2D eigenvalue weighted by Crippen LogP contribution is 2.50. The predicted octanol–water partition coefficient (Wildman–Crippen LogP) is 10.7. The lowest BCUT2D eigenvalue weighted by Crippen LogP contribution is -2.59. The molecule has 9 rings (SSSR count). The number of hydrogen-bond donors (Lipinski definition) is 0. The molecule has 0 saturated heterocycles. The van der Waals surface area contributed by atoms with E-state index in [-0.39, 0.29) is 11.0 Å². The van der Waals surface area contributed by atoms with Crippen LogP contribution < -0.4 is 4.57 Å². The summed E-state index contributed by atoms with van der Waals surface area (Å²) in [5, 5.41) is 5.21. The summed E-state index contributed by atoms with van der Waals surface area (Å²) < 4.78 is 5.02. The van der Waals surface area contributed by atoms with Crippen molar-refractivity contribution in [3.05, 3.63) is 139 Å². The van der Waals surface area contributed by atoms with Crippen LogP contribution in [-0.2, 0) is 11.0 Å². The van der Waals surface area contributed by atoms with Crippen molar-refractivity contribution < 1.29 is 4.57 Å². The van der Waals surface area contributed by atoms with Crippen molar-refractivity contribution in [1.29, 1.82) is 0 Å². The molecule has 0 spiro atoms. The van der Waals surface area contributed by atoms with Gasteiger partial charge < -0.3 is 4.57 Å². The molecular formula is C43H37N2+. The lowest BCUT2D eigenvalue weighted by atomic mass is 9.73. The number of rotatable bonds is 3. The van der Waals surface area contributed by atoms with Crippen LogP contribution in [0, 0.1) is 0 Å². The fourth-order valence-electron chi connectivity index (χ4n) is 8.77. The second-order valence-corrected chi connectivity index (χ2v) is 13.5. The maximum atomic E-state index is 4.74. The number of para-hydroxylation sites is 2. The van der Waals surface area contributed by atoms with Crippen LogP contribution in [0.3, 0.4) is 0 Å². The molecular weight excluding hydrogens is 544 g/mol. The van der Waals surface area contributed by atoms with Crippen LogP contribution in [0.25, 0.3) is 66.2 Å².